The summed E-state index contributed by atoms with van der Waals surface area (Å²) >= 11 is 5.32. The lowest BCUT2D eigenvalue weighted by Gasteiger charge is -2.11. The smallest absolute Gasteiger partial charge is 0.175 e. The summed E-state index contributed by atoms with van der Waals surface area (Å²) in [6.45, 7) is 4.61. The average molecular weight is 354 g/mol. The second-order valence-corrected chi connectivity index (χ2v) is 6.30. The molecule has 0 fully saturated rings. The van der Waals surface area contributed by atoms with Gasteiger partial charge in [-0.25, -0.2) is 4.39 Å². The maximum atomic E-state index is 13.2. The molecule has 3 rings (SSSR count). The van der Waals surface area contributed by atoms with Crippen LogP contribution in [0.2, 0.25) is 0 Å². The molecule has 2 aromatic carbocycles. The van der Waals surface area contributed by atoms with Crippen LogP contribution < -0.4 is 10.6 Å². The first-order valence-corrected chi connectivity index (χ1v) is 8.33. The van der Waals surface area contributed by atoms with E-state index >= 15 is 0 Å². The Morgan fingerprint density at radius 2 is 1.92 bits per heavy atom. The van der Waals surface area contributed by atoms with E-state index in [0.29, 0.717) is 11.7 Å². The third-order valence-corrected chi connectivity index (χ3v) is 4.13. The first-order valence-electron chi connectivity index (χ1n) is 7.92. The molecule has 3 aromatic rings. The highest BCUT2D eigenvalue weighted by atomic mass is 32.1. The molecule has 6 heteroatoms. The van der Waals surface area contributed by atoms with E-state index in [1.165, 1.54) is 23.3 Å². The van der Waals surface area contributed by atoms with Crippen molar-refractivity contribution in [2.45, 2.75) is 20.4 Å². The normalized spacial score (nSPS) is 10.5. The molecule has 25 heavy (non-hydrogen) atoms. The van der Waals surface area contributed by atoms with Gasteiger partial charge in [0.25, 0.3) is 0 Å². The van der Waals surface area contributed by atoms with E-state index in [1.807, 2.05) is 29.9 Å². The second kappa shape index (κ2) is 7.44. The SMILES string of the molecule is Cc1ccccc1Cn1cc(NC(=S)Nc2ccc(F)cc2C)cn1. The largest absolute Gasteiger partial charge is 0.332 e. The Balaban J connectivity index is 1.63. The van der Waals surface area contributed by atoms with Crippen LogP contribution in [-0.2, 0) is 6.54 Å². The van der Waals surface area contributed by atoms with Crippen LogP contribution in [0, 0.1) is 19.7 Å². The monoisotopic (exact) mass is 354 g/mol. The van der Waals surface area contributed by atoms with Crippen LogP contribution in [0.1, 0.15) is 16.7 Å². The zero-order chi connectivity index (χ0) is 17.8. The molecule has 0 aliphatic carbocycles. The molecule has 2 N–H and O–H groups in total. The summed E-state index contributed by atoms with van der Waals surface area (Å²) in [4.78, 5) is 0. The molecule has 0 saturated carbocycles. The third kappa shape index (κ3) is 4.42. The van der Waals surface area contributed by atoms with Crippen LogP contribution in [-0.4, -0.2) is 14.9 Å². The van der Waals surface area contributed by atoms with Crippen LogP contribution in [0.5, 0.6) is 0 Å². The zero-order valence-corrected chi connectivity index (χ0v) is 14.9. The molecule has 1 heterocycles. The number of hydrogen-bond donors (Lipinski definition) is 2. The predicted octanol–water partition coefficient (Wildman–Crippen LogP) is 4.50. The van der Waals surface area contributed by atoms with E-state index in [0.717, 1.165) is 16.9 Å². The highest BCUT2D eigenvalue weighted by molar-refractivity contribution is 7.80. The van der Waals surface area contributed by atoms with E-state index < -0.39 is 0 Å². The summed E-state index contributed by atoms with van der Waals surface area (Å²) < 4.78 is 15.0. The molecule has 128 valence electrons. The van der Waals surface area contributed by atoms with Crippen molar-refractivity contribution in [3.63, 3.8) is 0 Å². The van der Waals surface area contributed by atoms with Crippen molar-refractivity contribution in [3.8, 4) is 0 Å². The molecule has 1 aromatic heterocycles. The van der Waals surface area contributed by atoms with Gasteiger partial charge in [-0.15, -0.1) is 0 Å². The second-order valence-electron chi connectivity index (χ2n) is 5.89. The van der Waals surface area contributed by atoms with Crippen LogP contribution >= 0.6 is 12.2 Å². The Morgan fingerprint density at radius 1 is 1.12 bits per heavy atom. The van der Waals surface area contributed by atoms with Crippen molar-refractivity contribution in [2.24, 2.45) is 0 Å². The van der Waals surface area contributed by atoms with Crippen molar-refractivity contribution in [2.75, 3.05) is 10.6 Å². The van der Waals surface area contributed by atoms with Crippen LogP contribution in [0.3, 0.4) is 0 Å². The Hall–Kier alpha value is -2.73. The summed E-state index contributed by atoms with van der Waals surface area (Å²) in [5.74, 6) is -0.264. The predicted molar refractivity (Wildman–Crippen MR) is 103 cm³/mol. The van der Waals surface area contributed by atoms with Gasteiger partial charge in [-0.3, -0.25) is 4.68 Å². The van der Waals surface area contributed by atoms with Gasteiger partial charge in [0, 0.05) is 11.9 Å². The van der Waals surface area contributed by atoms with Crippen LogP contribution in [0.25, 0.3) is 0 Å². The molecule has 0 spiro atoms. The third-order valence-electron chi connectivity index (χ3n) is 3.92. The molecule has 0 amide bonds. The number of aromatic nitrogens is 2. The fourth-order valence-electron chi connectivity index (χ4n) is 2.53. The molecular weight excluding hydrogens is 335 g/mol. The van der Waals surface area contributed by atoms with Crippen molar-refractivity contribution < 1.29 is 4.39 Å². The van der Waals surface area contributed by atoms with E-state index in [1.54, 1.807) is 12.3 Å². The van der Waals surface area contributed by atoms with Gasteiger partial charge >= 0.3 is 0 Å². The van der Waals surface area contributed by atoms with Gasteiger partial charge in [0.1, 0.15) is 5.82 Å². The van der Waals surface area contributed by atoms with Crippen LogP contribution in [0.15, 0.2) is 54.9 Å². The summed E-state index contributed by atoms with van der Waals surface area (Å²) in [7, 11) is 0. The average Bonchev–Trinajstić information content (AvgIpc) is 2.99. The topological polar surface area (TPSA) is 41.9 Å². The molecule has 0 radical (unpaired) electrons. The quantitative estimate of drug-likeness (QED) is 0.677. The number of hydrogen-bond acceptors (Lipinski definition) is 2. The van der Waals surface area contributed by atoms with Crippen molar-refractivity contribution in [1.82, 2.24) is 9.78 Å². The lowest BCUT2D eigenvalue weighted by atomic mass is 10.1. The van der Waals surface area contributed by atoms with Gasteiger partial charge in [-0.05, 0) is 61.0 Å². The zero-order valence-electron chi connectivity index (χ0n) is 14.1. The fraction of sp³-hybridized carbons (Fsp3) is 0.158. The fourth-order valence-corrected chi connectivity index (χ4v) is 2.76. The number of anilines is 2. The molecule has 0 atom stereocenters. The van der Waals surface area contributed by atoms with E-state index in [-0.39, 0.29) is 5.82 Å². The standard InChI is InChI=1S/C19H19FN4S/c1-13-5-3-4-6-15(13)11-24-12-17(10-21-24)22-19(25)23-18-8-7-16(20)9-14(18)2/h3-10,12H,11H2,1-2H3,(H2,22,23,25). The Kier molecular flexibility index (Phi) is 5.09. The Bertz CT molecular complexity index is 904. The van der Waals surface area contributed by atoms with Crippen molar-refractivity contribution in [1.29, 1.82) is 0 Å². The number of rotatable bonds is 4. The lowest BCUT2D eigenvalue weighted by Crippen LogP contribution is -2.19. The van der Waals surface area contributed by atoms with Gasteiger partial charge < -0.3 is 10.6 Å². The Labute approximate surface area is 151 Å². The number of aryl methyl sites for hydroxylation is 2. The maximum Gasteiger partial charge on any atom is 0.175 e. The summed E-state index contributed by atoms with van der Waals surface area (Å²) in [5, 5.41) is 11.0. The summed E-state index contributed by atoms with van der Waals surface area (Å²) in [5.41, 5.74) is 4.81. The summed E-state index contributed by atoms with van der Waals surface area (Å²) in [6, 6.07) is 12.8. The molecule has 0 unspecified atom stereocenters. The van der Waals surface area contributed by atoms with E-state index in [2.05, 4.69) is 34.8 Å². The van der Waals surface area contributed by atoms with Gasteiger partial charge in [-0.2, -0.15) is 5.10 Å². The number of halogens is 1. The van der Waals surface area contributed by atoms with E-state index in [4.69, 9.17) is 12.2 Å². The number of nitrogens with one attached hydrogen (secondary N) is 2. The molecule has 0 saturated heterocycles. The van der Waals surface area contributed by atoms with Crippen molar-refractivity contribution >= 4 is 28.7 Å². The first kappa shape index (κ1) is 17.1. The molecule has 4 nitrogen and oxygen atoms in total. The van der Waals surface area contributed by atoms with Crippen LogP contribution in [0.4, 0.5) is 15.8 Å². The summed E-state index contributed by atoms with van der Waals surface area (Å²) in [6.07, 6.45) is 3.63. The minimum atomic E-state index is -0.264. The highest BCUT2D eigenvalue weighted by Gasteiger charge is 2.06. The van der Waals surface area contributed by atoms with Crippen molar-refractivity contribution in [3.05, 3.63) is 77.4 Å². The molecular formula is C19H19FN4S. The molecule has 0 aliphatic heterocycles. The minimum Gasteiger partial charge on any atom is -0.332 e. The highest BCUT2D eigenvalue weighted by Crippen LogP contribution is 2.17. The van der Waals surface area contributed by atoms with E-state index in [9.17, 15) is 4.39 Å². The first-order chi connectivity index (χ1) is 12.0. The number of thiocarbonyl (C=S) groups is 1. The van der Waals surface area contributed by atoms with Gasteiger partial charge in [-0.1, -0.05) is 24.3 Å². The number of benzene rings is 2. The van der Waals surface area contributed by atoms with Gasteiger partial charge in [0.05, 0.1) is 18.4 Å². The molecule has 0 bridgehead atoms. The molecule has 0 aliphatic rings. The maximum absolute atomic E-state index is 13.2. The van der Waals surface area contributed by atoms with Gasteiger partial charge in [0.15, 0.2) is 5.11 Å². The Morgan fingerprint density at radius 3 is 2.68 bits per heavy atom. The minimum absolute atomic E-state index is 0.264. The number of nitrogens with zero attached hydrogens (tertiary/aromatic N) is 2. The lowest BCUT2D eigenvalue weighted by molar-refractivity contribution is 0.627. The van der Waals surface area contributed by atoms with Gasteiger partial charge in [0.2, 0.25) is 0 Å².